The molecule has 0 aliphatic heterocycles. The molecule has 0 unspecified atom stereocenters. The number of furan rings is 1. The molecule has 0 bridgehead atoms. The molecule has 3 aromatic rings. The van der Waals surface area contributed by atoms with Crippen molar-refractivity contribution in [2.75, 3.05) is 5.73 Å². The smallest absolute Gasteiger partial charge is 0.433 e. The van der Waals surface area contributed by atoms with Crippen LogP contribution in [0.1, 0.15) is 17.0 Å². The molecule has 3 rings (SSSR count). The topological polar surface area (TPSA) is 64.1 Å². The van der Waals surface area contributed by atoms with Gasteiger partial charge in [-0.3, -0.25) is 0 Å². The van der Waals surface area contributed by atoms with Gasteiger partial charge < -0.3 is 15.5 Å². The van der Waals surface area contributed by atoms with Gasteiger partial charge in [0.2, 0.25) is 0 Å². The summed E-state index contributed by atoms with van der Waals surface area (Å²) in [5.41, 5.74) is 5.89. The summed E-state index contributed by atoms with van der Waals surface area (Å²) in [5, 5.41) is 4.08. The molecule has 0 atom stereocenters. The lowest BCUT2D eigenvalue weighted by molar-refractivity contribution is -0.141. The fourth-order valence-corrected chi connectivity index (χ4v) is 2.26. The quantitative estimate of drug-likeness (QED) is 0.769. The minimum absolute atomic E-state index is 0.128. The van der Waals surface area contributed by atoms with Crippen LogP contribution in [0.2, 0.25) is 0 Å². The highest BCUT2D eigenvalue weighted by Gasteiger charge is 2.32. The minimum Gasteiger partial charge on any atom is -0.460 e. The van der Waals surface area contributed by atoms with E-state index in [9.17, 15) is 13.2 Å². The number of nitrogens with two attached hydrogens (primary N) is 1. The first-order valence-corrected chi connectivity index (χ1v) is 6.94. The van der Waals surface area contributed by atoms with Crippen LogP contribution in [0.4, 0.5) is 19.0 Å². The number of fused-ring (bicyclic) bond motifs is 1. The summed E-state index contributed by atoms with van der Waals surface area (Å²) in [5.74, 6) is 0.613. The van der Waals surface area contributed by atoms with Crippen molar-refractivity contribution in [1.82, 2.24) is 10.3 Å². The molecule has 3 N–H and O–H groups in total. The number of benzene rings is 1. The van der Waals surface area contributed by atoms with E-state index in [0.717, 1.165) is 22.8 Å². The predicted molar refractivity (Wildman–Crippen MR) is 80.4 cm³/mol. The number of alkyl halides is 3. The molecule has 0 amide bonds. The highest BCUT2D eigenvalue weighted by atomic mass is 19.4. The van der Waals surface area contributed by atoms with E-state index in [0.29, 0.717) is 18.7 Å². The number of rotatable bonds is 4. The van der Waals surface area contributed by atoms with Crippen molar-refractivity contribution in [2.24, 2.45) is 0 Å². The van der Waals surface area contributed by atoms with Crippen LogP contribution >= 0.6 is 0 Å². The number of pyridine rings is 1. The summed E-state index contributed by atoms with van der Waals surface area (Å²) >= 11 is 0. The maximum atomic E-state index is 12.5. The number of anilines is 1. The second kappa shape index (κ2) is 5.92. The van der Waals surface area contributed by atoms with Crippen LogP contribution in [0, 0.1) is 0 Å². The molecule has 0 saturated carbocycles. The molecule has 0 spiro atoms. The Kier molecular flexibility index (Phi) is 3.96. The Morgan fingerprint density at radius 3 is 2.57 bits per heavy atom. The van der Waals surface area contributed by atoms with Gasteiger partial charge in [0, 0.05) is 17.5 Å². The summed E-state index contributed by atoms with van der Waals surface area (Å²) in [6.45, 7) is 0.739. The van der Waals surface area contributed by atoms with Crippen LogP contribution in [-0.4, -0.2) is 4.98 Å². The Labute approximate surface area is 130 Å². The SMILES string of the molecule is Nc1nc(C(F)(F)F)ccc1CNCc1cc2ccccc2o1. The van der Waals surface area contributed by atoms with E-state index < -0.39 is 11.9 Å². The van der Waals surface area contributed by atoms with Gasteiger partial charge in [-0.1, -0.05) is 24.3 Å². The monoisotopic (exact) mass is 321 g/mol. The number of hydrogen-bond donors (Lipinski definition) is 2. The average Bonchev–Trinajstić information content (AvgIpc) is 2.90. The van der Waals surface area contributed by atoms with Crippen LogP contribution in [0.25, 0.3) is 11.0 Å². The van der Waals surface area contributed by atoms with Crippen LogP contribution in [0.15, 0.2) is 46.9 Å². The molecule has 2 heterocycles. The second-order valence-corrected chi connectivity index (χ2v) is 5.09. The van der Waals surface area contributed by atoms with Crippen LogP contribution in [0.5, 0.6) is 0 Å². The predicted octanol–water partition coefficient (Wildman–Crippen LogP) is 3.72. The Morgan fingerprint density at radius 1 is 1.09 bits per heavy atom. The Morgan fingerprint density at radius 2 is 1.87 bits per heavy atom. The summed E-state index contributed by atoms with van der Waals surface area (Å²) in [6, 6.07) is 11.8. The van der Waals surface area contributed by atoms with E-state index in [4.69, 9.17) is 10.2 Å². The first kappa shape index (κ1) is 15.4. The summed E-state index contributed by atoms with van der Waals surface area (Å²) in [6.07, 6.45) is -4.49. The van der Waals surface area contributed by atoms with Gasteiger partial charge in [-0.15, -0.1) is 0 Å². The molecule has 0 aliphatic rings. The van der Waals surface area contributed by atoms with Gasteiger partial charge in [-0.05, 0) is 18.2 Å². The first-order valence-electron chi connectivity index (χ1n) is 6.94. The van der Waals surface area contributed by atoms with Crippen molar-refractivity contribution in [3.63, 3.8) is 0 Å². The van der Waals surface area contributed by atoms with Crippen LogP contribution in [-0.2, 0) is 19.3 Å². The zero-order valence-electron chi connectivity index (χ0n) is 12.0. The van der Waals surface area contributed by atoms with Gasteiger partial charge >= 0.3 is 6.18 Å². The fraction of sp³-hybridized carbons (Fsp3) is 0.188. The summed E-state index contributed by atoms with van der Waals surface area (Å²) < 4.78 is 43.2. The van der Waals surface area contributed by atoms with Crippen molar-refractivity contribution in [2.45, 2.75) is 19.3 Å². The third kappa shape index (κ3) is 3.45. The number of nitrogens with one attached hydrogen (secondary N) is 1. The number of aromatic nitrogens is 1. The van der Waals surface area contributed by atoms with Crippen molar-refractivity contribution >= 4 is 16.8 Å². The highest BCUT2D eigenvalue weighted by Crippen LogP contribution is 2.28. The average molecular weight is 321 g/mol. The standard InChI is InChI=1S/C16H14F3N3O/c17-16(18,19)14-6-5-11(15(20)22-14)8-21-9-12-7-10-3-1-2-4-13(10)23-12/h1-7,21H,8-9H2,(H2,20,22). The molecular formula is C16H14F3N3O. The van der Waals surface area contributed by atoms with Crippen molar-refractivity contribution < 1.29 is 17.6 Å². The largest absolute Gasteiger partial charge is 0.460 e. The zero-order valence-corrected chi connectivity index (χ0v) is 12.0. The van der Waals surface area contributed by atoms with Crippen molar-refractivity contribution in [3.05, 3.63) is 59.5 Å². The molecular weight excluding hydrogens is 307 g/mol. The number of halogens is 3. The summed E-state index contributed by atoms with van der Waals surface area (Å²) in [7, 11) is 0. The van der Waals surface area contributed by atoms with E-state index in [1.54, 1.807) is 0 Å². The molecule has 0 aliphatic carbocycles. The molecule has 0 saturated heterocycles. The van der Waals surface area contributed by atoms with Gasteiger partial charge in [0.05, 0.1) is 6.54 Å². The molecule has 2 aromatic heterocycles. The van der Waals surface area contributed by atoms with Gasteiger partial charge in [0.1, 0.15) is 22.9 Å². The first-order chi connectivity index (χ1) is 10.9. The van der Waals surface area contributed by atoms with Gasteiger partial charge in [-0.25, -0.2) is 4.98 Å². The molecule has 1 aromatic carbocycles. The molecule has 120 valence electrons. The van der Waals surface area contributed by atoms with Crippen LogP contribution < -0.4 is 11.1 Å². The maximum absolute atomic E-state index is 12.5. The lowest BCUT2D eigenvalue weighted by atomic mass is 10.2. The van der Waals surface area contributed by atoms with E-state index in [2.05, 4.69) is 10.3 Å². The normalized spacial score (nSPS) is 12.0. The fourth-order valence-electron chi connectivity index (χ4n) is 2.26. The highest BCUT2D eigenvalue weighted by molar-refractivity contribution is 5.77. The van der Waals surface area contributed by atoms with Crippen molar-refractivity contribution in [3.8, 4) is 0 Å². The van der Waals surface area contributed by atoms with E-state index in [1.807, 2.05) is 30.3 Å². The number of nitrogen functional groups attached to an aromatic ring is 1. The van der Waals surface area contributed by atoms with Gasteiger partial charge in [0.15, 0.2) is 0 Å². The molecule has 0 radical (unpaired) electrons. The lowest BCUT2D eigenvalue weighted by Gasteiger charge is -2.10. The second-order valence-electron chi connectivity index (χ2n) is 5.09. The van der Waals surface area contributed by atoms with Gasteiger partial charge in [-0.2, -0.15) is 13.2 Å². The number of hydrogen-bond acceptors (Lipinski definition) is 4. The Balaban J connectivity index is 1.64. The number of para-hydroxylation sites is 1. The molecule has 7 heteroatoms. The maximum Gasteiger partial charge on any atom is 0.433 e. The third-order valence-corrected chi connectivity index (χ3v) is 3.39. The zero-order chi connectivity index (χ0) is 16.4. The molecule has 23 heavy (non-hydrogen) atoms. The number of nitrogens with zero attached hydrogens (tertiary/aromatic N) is 1. The third-order valence-electron chi connectivity index (χ3n) is 3.39. The molecule has 0 fully saturated rings. The molecule has 4 nitrogen and oxygen atoms in total. The lowest BCUT2D eigenvalue weighted by Crippen LogP contribution is -2.16. The van der Waals surface area contributed by atoms with E-state index >= 15 is 0 Å². The Hall–Kier alpha value is -2.54. The minimum atomic E-state index is -4.49. The van der Waals surface area contributed by atoms with Crippen molar-refractivity contribution in [1.29, 1.82) is 0 Å². The van der Waals surface area contributed by atoms with E-state index in [1.165, 1.54) is 6.07 Å². The Bertz CT molecular complexity index is 794. The van der Waals surface area contributed by atoms with E-state index in [-0.39, 0.29) is 5.82 Å². The van der Waals surface area contributed by atoms with Crippen LogP contribution in [0.3, 0.4) is 0 Å². The summed E-state index contributed by atoms with van der Waals surface area (Å²) in [4.78, 5) is 3.39. The van der Waals surface area contributed by atoms with Gasteiger partial charge in [0.25, 0.3) is 0 Å².